The number of aromatic nitrogens is 2. The Morgan fingerprint density at radius 3 is 2.55 bits per heavy atom. The molecule has 0 bridgehead atoms. The van der Waals surface area contributed by atoms with Gasteiger partial charge in [0.25, 0.3) is 0 Å². The second-order valence-corrected chi connectivity index (χ2v) is 6.03. The Labute approximate surface area is 124 Å². The zero-order valence-corrected chi connectivity index (χ0v) is 13.7. The first-order chi connectivity index (χ1) is 9.60. The summed E-state index contributed by atoms with van der Waals surface area (Å²) in [6.07, 6.45) is 5.46. The highest BCUT2D eigenvalue weighted by Crippen LogP contribution is 2.15. The van der Waals surface area contributed by atoms with E-state index >= 15 is 0 Å². The highest BCUT2D eigenvalue weighted by atomic mass is 15.3. The Morgan fingerprint density at radius 1 is 1.30 bits per heavy atom. The second-order valence-electron chi connectivity index (χ2n) is 6.03. The molecular weight excluding hydrogens is 248 g/mol. The molecule has 0 aliphatic heterocycles. The lowest BCUT2D eigenvalue weighted by atomic mass is 10.2. The summed E-state index contributed by atoms with van der Waals surface area (Å²) < 4.78 is 2.13. The first kappa shape index (κ1) is 17.2. The monoisotopic (exact) mass is 280 g/mol. The van der Waals surface area contributed by atoms with Gasteiger partial charge in [-0.15, -0.1) is 0 Å². The van der Waals surface area contributed by atoms with Crippen molar-refractivity contribution < 1.29 is 0 Å². The Kier molecular flexibility index (Phi) is 7.85. The normalized spacial score (nSPS) is 12.0. The fraction of sp³-hybridized carbons (Fsp3) is 0.812. The van der Waals surface area contributed by atoms with Crippen LogP contribution in [0.2, 0.25) is 0 Å². The summed E-state index contributed by atoms with van der Waals surface area (Å²) in [6, 6.07) is 2.69. The Balaban J connectivity index is 2.63. The van der Waals surface area contributed by atoms with Crippen molar-refractivity contribution in [3.05, 3.63) is 18.0 Å². The van der Waals surface area contributed by atoms with Crippen molar-refractivity contribution in [2.75, 3.05) is 19.6 Å². The molecule has 2 N–H and O–H groups in total. The van der Waals surface area contributed by atoms with Gasteiger partial charge in [-0.2, -0.15) is 5.10 Å². The molecule has 0 spiro atoms. The van der Waals surface area contributed by atoms with Gasteiger partial charge in [-0.3, -0.25) is 9.58 Å². The summed E-state index contributed by atoms with van der Waals surface area (Å²) in [5, 5.41) is 4.75. The maximum atomic E-state index is 5.63. The van der Waals surface area contributed by atoms with Crippen molar-refractivity contribution in [3.8, 4) is 0 Å². The van der Waals surface area contributed by atoms with Crippen molar-refractivity contribution in [3.63, 3.8) is 0 Å². The van der Waals surface area contributed by atoms with E-state index in [1.807, 2.05) is 0 Å². The average Bonchev–Trinajstić information content (AvgIpc) is 2.85. The number of rotatable bonds is 10. The number of hydrogen-bond donors (Lipinski definition) is 1. The van der Waals surface area contributed by atoms with Crippen LogP contribution in [0, 0.1) is 5.92 Å². The molecule has 0 saturated heterocycles. The average molecular weight is 280 g/mol. The van der Waals surface area contributed by atoms with Crippen LogP contribution in [0.4, 0.5) is 0 Å². The summed E-state index contributed by atoms with van der Waals surface area (Å²) in [7, 11) is 0. The molecule has 0 aromatic carbocycles. The van der Waals surface area contributed by atoms with Gasteiger partial charge in [-0.25, -0.2) is 0 Å². The summed E-state index contributed by atoms with van der Waals surface area (Å²) in [4.78, 5) is 2.47. The molecule has 116 valence electrons. The van der Waals surface area contributed by atoms with E-state index in [2.05, 4.69) is 49.5 Å². The lowest BCUT2D eigenvalue weighted by Gasteiger charge is -2.23. The Bertz CT molecular complexity index is 355. The summed E-state index contributed by atoms with van der Waals surface area (Å²) >= 11 is 0. The fourth-order valence-corrected chi connectivity index (χ4v) is 2.62. The first-order valence-corrected chi connectivity index (χ1v) is 8.07. The van der Waals surface area contributed by atoms with E-state index in [0.717, 1.165) is 45.4 Å². The van der Waals surface area contributed by atoms with Gasteiger partial charge in [0, 0.05) is 19.3 Å². The zero-order chi connectivity index (χ0) is 15.0. The van der Waals surface area contributed by atoms with E-state index in [0.29, 0.717) is 12.0 Å². The molecule has 4 nitrogen and oxygen atoms in total. The molecule has 0 fully saturated rings. The van der Waals surface area contributed by atoms with Crippen molar-refractivity contribution in [2.24, 2.45) is 11.7 Å². The van der Waals surface area contributed by atoms with Crippen LogP contribution in [0.3, 0.4) is 0 Å². The van der Waals surface area contributed by atoms with Crippen LogP contribution in [0.1, 0.15) is 58.7 Å². The minimum atomic E-state index is 0.534. The van der Waals surface area contributed by atoms with Gasteiger partial charge in [0.05, 0.1) is 11.7 Å². The molecule has 1 aromatic rings. The van der Waals surface area contributed by atoms with Crippen LogP contribution in [-0.2, 0) is 6.54 Å². The smallest absolute Gasteiger partial charge is 0.0764 e. The lowest BCUT2D eigenvalue weighted by molar-refractivity contribution is 0.231. The van der Waals surface area contributed by atoms with Crippen LogP contribution in [-0.4, -0.2) is 34.3 Å². The number of nitrogens with zero attached hydrogens (tertiary/aromatic N) is 3. The van der Waals surface area contributed by atoms with Gasteiger partial charge >= 0.3 is 0 Å². The quantitative estimate of drug-likeness (QED) is 0.716. The predicted octanol–water partition coefficient (Wildman–Crippen LogP) is 3.05. The molecule has 20 heavy (non-hydrogen) atoms. The highest BCUT2D eigenvalue weighted by Gasteiger charge is 2.12. The third-order valence-electron chi connectivity index (χ3n) is 3.67. The van der Waals surface area contributed by atoms with Crippen LogP contribution < -0.4 is 5.73 Å². The van der Waals surface area contributed by atoms with Gasteiger partial charge in [0.2, 0.25) is 0 Å². The third kappa shape index (κ3) is 5.63. The highest BCUT2D eigenvalue weighted by molar-refractivity contribution is 5.00. The van der Waals surface area contributed by atoms with E-state index in [-0.39, 0.29) is 0 Å². The topological polar surface area (TPSA) is 47.1 Å². The van der Waals surface area contributed by atoms with Crippen LogP contribution in [0.5, 0.6) is 0 Å². The van der Waals surface area contributed by atoms with Gasteiger partial charge in [0.15, 0.2) is 0 Å². The molecule has 1 heterocycles. The van der Waals surface area contributed by atoms with E-state index < -0.39 is 0 Å². The van der Waals surface area contributed by atoms with E-state index in [9.17, 15) is 0 Å². The van der Waals surface area contributed by atoms with Gasteiger partial charge in [0.1, 0.15) is 0 Å². The second kappa shape index (κ2) is 9.14. The van der Waals surface area contributed by atoms with Crippen molar-refractivity contribution in [1.29, 1.82) is 0 Å². The Hall–Kier alpha value is -0.870. The largest absolute Gasteiger partial charge is 0.330 e. The number of hydrogen-bond acceptors (Lipinski definition) is 3. The van der Waals surface area contributed by atoms with Crippen molar-refractivity contribution in [2.45, 2.75) is 59.5 Å². The Morgan fingerprint density at radius 2 is 2.00 bits per heavy atom. The molecule has 0 aliphatic rings. The zero-order valence-electron chi connectivity index (χ0n) is 13.7. The molecular formula is C16H32N4. The molecule has 0 radical (unpaired) electrons. The molecule has 0 atom stereocenters. The van der Waals surface area contributed by atoms with Gasteiger partial charge < -0.3 is 5.73 Å². The molecule has 4 heteroatoms. The van der Waals surface area contributed by atoms with E-state index in [4.69, 9.17) is 10.8 Å². The predicted molar refractivity (Wildman–Crippen MR) is 85.6 cm³/mol. The summed E-state index contributed by atoms with van der Waals surface area (Å²) in [5.74, 6) is 0.675. The SMILES string of the molecule is CCC(CC)n1ccc(CN(CCCN)CC(C)C)n1. The van der Waals surface area contributed by atoms with Crippen LogP contribution >= 0.6 is 0 Å². The maximum Gasteiger partial charge on any atom is 0.0764 e. The molecule has 0 amide bonds. The fourth-order valence-electron chi connectivity index (χ4n) is 2.62. The van der Waals surface area contributed by atoms with Gasteiger partial charge in [-0.1, -0.05) is 27.7 Å². The van der Waals surface area contributed by atoms with Gasteiger partial charge in [-0.05, 0) is 44.3 Å². The minimum Gasteiger partial charge on any atom is -0.330 e. The molecule has 1 rings (SSSR count). The van der Waals surface area contributed by atoms with E-state index in [1.165, 1.54) is 5.69 Å². The van der Waals surface area contributed by atoms with Crippen LogP contribution in [0.25, 0.3) is 0 Å². The molecule has 0 aliphatic carbocycles. The van der Waals surface area contributed by atoms with Crippen LogP contribution in [0.15, 0.2) is 12.3 Å². The summed E-state index contributed by atoms with van der Waals surface area (Å²) in [5.41, 5.74) is 6.81. The van der Waals surface area contributed by atoms with E-state index in [1.54, 1.807) is 0 Å². The lowest BCUT2D eigenvalue weighted by Crippen LogP contribution is -2.30. The molecule has 1 aromatic heterocycles. The first-order valence-electron chi connectivity index (χ1n) is 8.07. The van der Waals surface area contributed by atoms with Crippen molar-refractivity contribution in [1.82, 2.24) is 14.7 Å². The minimum absolute atomic E-state index is 0.534. The number of nitrogens with two attached hydrogens (primary N) is 1. The molecule has 0 saturated carbocycles. The standard InChI is InChI=1S/C16H32N4/c1-5-16(6-2)20-11-8-15(18-20)13-19(10-7-9-17)12-14(3)4/h8,11,14,16H,5-7,9-10,12-13,17H2,1-4H3. The maximum absolute atomic E-state index is 5.63. The third-order valence-corrected chi connectivity index (χ3v) is 3.67. The van der Waals surface area contributed by atoms with Crippen molar-refractivity contribution >= 4 is 0 Å². The molecule has 0 unspecified atom stereocenters. The summed E-state index contributed by atoms with van der Waals surface area (Å²) in [6.45, 7) is 12.8.